The summed E-state index contributed by atoms with van der Waals surface area (Å²) in [6, 6.07) is 19.8. The Morgan fingerprint density at radius 2 is 1.41 bits per heavy atom. The number of hydrogen-bond acceptors (Lipinski definition) is 3. The quantitative estimate of drug-likeness (QED) is 0.640. The van der Waals surface area contributed by atoms with E-state index in [2.05, 4.69) is 5.32 Å². The van der Waals surface area contributed by atoms with Gasteiger partial charge in [0.15, 0.2) is 0 Å². The number of carbonyl (C=O) groups excluding carboxylic acids is 2. The lowest BCUT2D eigenvalue weighted by atomic mass is 9.84. The molecule has 0 fully saturated rings. The Hall–Kier alpha value is -3.54. The second kappa shape index (κ2) is 9.10. The highest BCUT2D eigenvalue weighted by molar-refractivity contribution is 5.97. The number of ether oxygens (including phenoxy) is 1. The molecule has 3 aromatic carbocycles. The van der Waals surface area contributed by atoms with Crippen molar-refractivity contribution in [1.82, 2.24) is 5.32 Å². The van der Waals surface area contributed by atoms with Gasteiger partial charge in [-0.1, -0.05) is 60.7 Å². The van der Waals surface area contributed by atoms with Crippen LogP contribution in [0, 0.1) is 11.6 Å². The van der Waals surface area contributed by atoms with Crippen molar-refractivity contribution >= 4 is 11.9 Å². The van der Waals surface area contributed by atoms with Crippen LogP contribution in [-0.4, -0.2) is 25.0 Å². The summed E-state index contributed by atoms with van der Waals surface area (Å²) < 4.78 is 32.2. The van der Waals surface area contributed by atoms with Crippen LogP contribution < -0.4 is 5.32 Å². The molecular formula is C23H19F2NO3. The van der Waals surface area contributed by atoms with E-state index < -0.39 is 35.5 Å². The first-order valence-electron chi connectivity index (χ1n) is 8.95. The maximum atomic E-state index is 14.1. The van der Waals surface area contributed by atoms with Crippen molar-refractivity contribution < 1.29 is 23.1 Å². The van der Waals surface area contributed by atoms with E-state index in [1.807, 2.05) is 60.7 Å². The summed E-state index contributed by atoms with van der Waals surface area (Å²) >= 11 is 0. The summed E-state index contributed by atoms with van der Waals surface area (Å²) in [5.41, 5.74) is 1.18. The molecule has 29 heavy (non-hydrogen) atoms. The number of rotatable bonds is 6. The predicted molar refractivity (Wildman–Crippen MR) is 104 cm³/mol. The van der Waals surface area contributed by atoms with Crippen molar-refractivity contribution in [2.24, 2.45) is 0 Å². The van der Waals surface area contributed by atoms with Crippen molar-refractivity contribution in [2.75, 3.05) is 7.11 Å². The summed E-state index contributed by atoms with van der Waals surface area (Å²) in [5.74, 6) is -3.90. The molecule has 148 valence electrons. The largest absolute Gasteiger partial charge is 0.467 e. The molecule has 0 bridgehead atoms. The Kier molecular flexibility index (Phi) is 6.34. The van der Waals surface area contributed by atoms with Gasteiger partial charge in [0.25, 0.3) is 5.91 Å². The molecule has 3 aromatic rings. The maximum Gasteiger partial charge on any atom is 0.329 e. The molecule has 0 aromatic heterocycles. The molecule has 0 radical (unpaired) electrons. The molecule has 0 aliphatic carbocycles. The van der Waals surface area contributed by atoms with Gasteiger partial charge in [-0.05, 0) is 23.3 Å². The first-order valence-corrected chi connectivity index (χ1v) is 8.95. The molecule has 6 heteroatoms. The minimum atomic E-state index is -1.12. The van der Waals surface area contributed by atoms with Crippen LogP contribution in [0.5, 0.6) is 0 Å². The summed E-state index contributed by atoms with van der Waals surface area (Å²) in [6.07, 6.45) is 0. The molecule has 0 aliphatic rings. The molecule has 1 amide bonds. The SMILES string of the molecule is COC(=O)[C@H](NC(=O)c1ccc(F)cc1F)C(c1ccccc1)c1ccccc1. The lowest BCUT2D eigenvalue weighted by Gasteiger charge is -2.27. The average molecular weight is 395 g/mol. The van der Waals surface area contributed by atoms with Crippen molar-refractivity contribution in [3.63, 3.8) is 0 Å². The summed E-state index contributed by atoms with van der Waals surface area (Å²) in [7, 11) is 1.22. The Morgan fingerprint density at radius 1 is 0.862 bits per heavy atom. The number of benzene rings is 3. The third-order valence-corrected chi connectivity index (χ3v) is 4.57. The van der Waals surface area contributed by atoms with Gasteiger partial charge in [-0.25, -0.2) is 13.6 Å². The second-order valence-corrected chi connectivity index (χ2v) is 6.40. The van der Waals surface area contributed by atoms with Gasteiger partial charge in [-0.15, -0.1) is 0 Å². The monoisotopic (exact) mass is 395 g/mol. The highest BCUT2D eigenvalue weighted by Gasteiger charge is 2.34. The van der Waals surface area contributed by atoms with Crippen LogP contribution in [0.15, 0.2) is 78.9 Å². The van der Waals surface area contributed by atoms with Gasteiger partial charge in [0.2, 0.25) is 0 Å². The molecule has 0 spiro atoms. The fraction of sp³-hybridized carbons (Fsp3) is 0.130. The lowest BCUT2D eigenvalue weighted by Crippen LogP contribution is -2.46. The van der Waals surface area contributed by atoms with Crippen molar-refractivity contribution in [1.29, 1.82) is 0 Å². The van der Waals surface area contributed by atoms with Gasteiger partial charge < -0.3 is 10.1 Å². The number of nitrogens with one attached hydrogen (secondary N) is 1. The van der Waals surface area contributed by atoms with Crippen LogP contribution in [-0.2, 0) is 9.53 Å². The summed E-state index contributed by atoms with van der Waals surface area (Å²) in [4.78, 5) is 25.3. The van der Waals surface area contributed by atoms with E-state index in [-0.39, 0.29) is 5.56 Å². The van der Waals surface area contributed by atoms with Crippen LogP contribution in [0.4, 0.5) is 8.78 Å². The van der Waals surface area contributed by atoms with Gasteiger partial charge in [-0.3, -0.25) is 4.79 Å². The average Bonchev–Trinajstić information content (AvgIpc) is 2.74. The van der Waals surface area contributed by atoms with Crippen LogP contribution in [0.1, 0.15) is 27.4 Å². The fourth-order valence-corrected chi connectivity index (χ4v) is 3.20. The minimum Gasteiger partial charge on any atom is -0.467 e. The molecule has 0 unspecified atom stereocenters. The van der Waals surface area contributed by atoms with Crippen molar-refractivity contribution in [3.05, 3.63) is 107 Å². The predicted octanol–water partition coefficient (Wildman–Crippen LogP) is 4.07. The van der Waals surface area contributed by atoms with E-state index in [1.54, 1.807) is 0 Å². The lowest BCUT2D eigenvalue weighted by molar-refractivity contribution is -0.143. The van der Waals surface area contributed by atoms with Gasteiger partial charge in [0.05, 0.1) is 12.7 Å². The van der Waals surface area contributed by atoms with E-state index in [0.717, 1.165) is 23.3 Å². The summed E-state index contributed by atoms with van der Waals surface area (Å²) in [6.45, 7) is 0. The topological polar surface area (TPSA) is 55.4 Å². The van der Waals surface area contributed by atoms with Crippen molar-refractivity contribution in [2.45, 2.75) is 12.0 Å². The van der Waals surface area contributed by atoms with Crippen LogP contribution in [0.25, 0.3) is 0 Å². The van der Waals surface area contributed by atoms with Crippen LogP contribution >= 0.6 is 0 Å². The normalized spacial score (nSPS) is 11.7. The highest BCUT2D eigenvalue weighted by Crippen LogP contribution is 2.29. The van der Waals surface area contributed by atoms with Gasteiger partial charge in [0, 0.05) is 12.0 Å². The van der Waals surface area contributed by atoms with Gasteiger partial charge >= 0.3 is 5.97 Å². The van der Waals surface area contributed by atoms with E-state index in [1.165, 1.54) is 7.11 Å². The van der Waals surface area contributed by atoms with Crippen molar-refractivity contribution in [3.8, 4) is 0 Å². The Bertz CT molecular complexity index is 954. The Morgan fingerprint density at radius 3 is 1.90 bits per heavy atom. The zero-order valence-electron chi connectivity index (χ0n) is 15.6. The number of hydrogen-bond donors (Lipinski definition) is 1. The maximum absolute atomic E-state index is 14.1. The van der Waals surface area contributed by atoms with E-state index in [9.17, 15) is 18.4 Å². The molecule has 0 heterocycles. The standard InChI is InChI=1S/C23H19F2NO3/c1-29-23(28)21(26-22(27)18-13-12-17(24)14-19(18)25)20(15-8-4-2-5-9-15)16-10-6-3-7-11-16/h2-14,20-21H,1H3,(H,26,27)/t21-/m1/s1. The van der Waals surface area contributed by atoms with Gasteiger partial charge in [0.1, 0.15) is 17.7 Å². The molecular weight excluding hydrogens is 376 g/mol. The fourth-order valence-electron chi connectivity index (χ4n) is 3.20. The van der Waals surface area contributed by atoms with E-state index in [4.69, 9.17) is 4.74 Å². The summed E-state index contributed by atoms with van der Waals surface area (Å²) in [5, 5.41) is 2.57. The minimum absolute atomic E-state index is 0.361. The number of halogens is 2. The number of esters is 1. The molecule has 3 rings (SSSR count). The van der Waals surface area contributed by atoms with E-state index in [0.29, 0.717) is 6.07 Å². The van der Waals surface area contributed by atoms with Gasteiger partial charge in [-0.2, -0.15) is 0 Å². The first-order chi connectivity index (χ1) is 14.0. The molecule has 0 saturated carbocycles. The zero-order valence-corrected chi connectivity index (χ0v) is 15.6. The smallest absolute Gasteiger partial charge is 0.329 e. The number of carbonyl (C=O) groups is 2. The third kappa shape index (κ3) is 4.66. The molecule has 1 N–H and O–H groups in total. The third-order valence-electron chi connectivity index (χ3n) is 4.57. The van der Waals surface area contributed by atoms with Crippen LogP contribution in [0.3, 0.4) is 0 Å². The molecule has 4 nitrogen and oxygen atoms in total. The second-order valence-electron chi connectivity index (χ2n) is 6.40. The number of amides is 1. The highest BCUT2D eigenvalue weighted by atomic mass is 19.1. The zero-order chi connectivity index (χ0) is 20.8. The van der Waals surface area contributed by atoms with Crippen LogP contribution in [0.2, 0.25) is 0 Å². The first kappa shape index (κ1) is 20.2. The molecule has 0 aliphatic heterocycles. The van der Waals surface area contributed by atoms with E-state index >= 15 is 0 Å². The molecule has 0 saturated heterocycles. The Balaban J connectivity index is 2.02. The molecule has 1 atom stereocenters. The Labute approximate surface area is 167 Å². The number of methoxy groups -OCH3 is 1.